The molecule has 0 aliphatic carbocycles. The van der Waals surface area contributed by atoms with Crippen molar-refractivity contribution < 1.29 is 18.4 Å². The Labute approximate surface area is 197 Å². The largest absolute Gasteiger partial charge is 0.371 e. The molecule has 3 N–H and O–H groups in total. The summed E-state index contributed by atoms with van der Waals surface area (Å²) in [6, 6.07) is 17.6. The highest BCUT2D eigenvalue weighted by Gasteiger charge is 2.20. The van der Waals surface area contributed by atoms with Gasteiger partial charge in [-0.25, -0.2) is 13.6 Å². The number of amides is 3. The van der Waals surface area contributed by atoms with Crippen molar-refractivity contribution in [3.05, 3.63) is 89.5 Å². The van der Waals surface area contributed by atoms with E-state index in [2.05, 4.69) is 20.9 Å². The lowest BCUT2D eigenvalue weighted by molar-refractivity contribution is 0.0954. The van der Waals surface area contributed by atoms with E-state index in [9.17, 15) is 18.4 Å². The fourth-order valence-electron chi connectivity index (χ4n) is 3.96. The molecule has 0 spiro atoms. The smallest absolute Gasteiger partial charge is 0.323 e. The topological polar surface area (TPSA) is 73.5 Å². The van der Waals surface area contributed by atoms with Crippen LogP contribution in [-0.2, 0) is 6.42 Å². The predicted octanol–water partition coefficient (Wildman–Crippen LogP) is 5.18. The minimum atomic E-state index is -1.05. The van der Waals surface area contributed by atoms with Gasteiger partial charge in [-0.15, -0.1) is 0 Å². The maximum atomic E-state index is 13.4. The lowest BCUT2D eigenvalue weighted by Gasteiger charge is -2.22. The van der Waals surface area contributed by atoms with E-state index in [1.807, 2.05) is 36.4 Å². The molecule has 6 nitrogen and oxygen atoms in total. The minimum absolute atomic E-state index is 0.115. The Kier molecular flexibility index (Phi) is 7.37. The van der Waals surface area contributed by atoms with Gasteiger partial charge >= 0.3 is 6.03 Å². The number of urea groups is 1. The van der Waals surface area contributed by atoms with E-state index in [1.54, 1.807) is 12.1 Å². The summed E-state index contributed by atoms with van der Waals surface area (Å²) in [5.41, 5.74) is 2.95. The molecule has 0 atom stereocenters. The second kappa shape index (κ2) is 10.8. The van der Waals surface area contributed by atoms with Crippen molar-refractivity contribution in [2.75, 3.05) is 35.2 Å². The van der Waals surface area contributed by atoms with Gasteiger partial charge in [-0.3, -0.25) is 4.79 Å². The lowest BCUT2D eigenvalue weighted by atomic mass is 10.1. The number of carbonyl (C=O) groups excluding carboxylic acids is 2. The van der Waals surface area contributed by atoms with Crippen molar-refractivity contribution in [1.82, 2.24) is 5.32 Å². The summed E-state index contributed by atoms with van der Waals surface area (Å²) in [6.07, 6.45) is 2.83. The molecule has 1 saturated heterocycles. The van der Waals surface area contributed by atoms with E-state index < -0.39 is 17.7 Å². The Balaban J connectivity index is 1.46. The number of carbonyl (C=O) groups is 2. The van der Waals surface area contributed by atoms with Gasteiger partial charge in [0.05, 0.1) is 5.56 Å². The Morgan fingerprint density at radius 1 is 0.824 bits per heavy atom. The molecule has 0 bridgehead atoms. The zero-order valence-electron chi connectivity index (χ0n) is 18.6. The third kappa shape index (κ3) is 5.89. The van der Waals surface area contributed by atoms with Crippen LogP contribution in [0, 0.1) is 11.6 Å². The molecule has 3 aromatic rings. The Morgan fingerprint density at radius 2 is 1.50 bits per heavy atom. The van der Waals surface area contributed by atoms with E-state index in [0.29, 0.717) is 24.2 Å². The second-order valence-corrected chi connectivity index (χ2v) is 8.13. The summed E-state index contributed by atoms with van der Waals surface area (Å²) < 4.78 is 26.5. The summed E-state index contributed by atoms with van der Waals surface area (Å²) >= 11 is 0. The first-order chi connectivity index (χ1) is 16.5. The summed E-state index contributed by atoms with van der Waals surface area (Å²) in [4.78, 5) is 27.6. The van der Waals surface area contributed by atoms with Crippen LogP contribution in [0.3, 0.4) is 0 Å². The van der Waals surface area contributed by atoms with Crippen LogP contribution >= 0.6 is 0 Å². The number of rotatable bonds is 7. The quantitative estimate of drug-likeness (QED) is 0.451. The highest BCUT2D eigenvalue weighted by Crippen LogP contribution is 2.28. The van der Waals surface area contributed by atoms with Crippen molar-refractivity contribution in [3.8, 4) is 0 Å². The molecular weight excluding hydrogens is 438 g/mol. The maximum Gasteiger partial charge on any atom is 0.323 e. The van der Waals surface area contributed by atoms with E-state index in [-0.39, 0.29) is 11.6 Å². The van der Waals surface area contributed by atoms with Crippen molar-refractivity contribution >= 4 is 29.0 Å². The van der Waals surface area contributed by atoms with Gasteiger partial charge in [0.15, 0.2) is 11.6 Å². The zero-order valence-corrected chi connectivity index (χ0v) is 18.6. The average Bonchev–Trinajstić information content (AvgIpc) is 3.37. The van der Waals surface area contributed by atoms with Crippen LogP contribution in [0.15, 0.2) is 66.7 Å². The monoisotopic (exact) mass is 464 g/mol. The fraction of sp³-hybridized carbons (Fsp3) is 0.231. The molecule has 1 aliphatic heterocycles. The van der Waals surface area contributed by atoms with Crippen molar-refractivity contribution in [1.29, 1.82) is 0 Å². The molecular formula is C26H26F2N4O2. The highest BCUT2D eigenvalue weighted by molar-refractivity contribution is 6.04. The van der Waals surface area contributed by atoms with Gasteiger partial charge in [0.1, 0.15) is 0 Å². The summed E-state index contributed by atoms with van der Waals surface area (Å²) in [6.45, 7) is 2.22. The van der Waals surface area contributed by atoms with Gasteiger partial charge in [-0.1, -0.05) is 30.3 Å². The highest BCUT2D eigenvalue weighted by atomic mass is 19.2. The predicted molar refractivity (Wildman–Crippen MR) is 129 cm³/mol. The Morgan fingerprint density at radius 3 is 2.21 bits per heavy atom. The van der Waals surface area contributed by atoms with Crippen LogP contribution in [0.2, 0.25) is 0 Å². The fourth-order valence-corrected chi connectivity index (χ4v) is 3.96. The number of hydrogen-bond donors (Lipinski definition) is 3. The number of nitrogens with zero attached hydrogens (tertiary/aromatic N) is 1. The second-order valence-electron chi connectivity index (χ2n) is 8.13. The van der Waals surface area contributed by atoms with Gasteiger partial charge < -0.3 is 20.9 Å². The molecule has 1 aliphatic rings. The van der Waals surface area contributed by atoms with Crippen LogP contribution in [0.4, 0.5) is 30.6 Å². The third-order valence-electron chi connectivity index (χ3n) is 5.67. The molecule has 1 heterocycles. The molecule has 3 aromatic carbocycles. The first kappa shape index (κ1) is 23.2. The van der Waals surface area contributed by atoms with Gasteiger partial charge in [0.25, 0.3) is 5.91 Å². The van der Waals surface area contributed by atoms with Crippen molar-refractivity contribution in [3.63, 3.8) is 0 Å². The van der Waals surface area contributed by atoms with Gasteiger partial charge in [0, 0.05) is 42.8 Å². The molecule has 176 valence electrons. The molecule has 0 radical (unpaired) electrons. The SMILES string of the molecule is O=C(Nc1ccc(F)c(F)c1)Nc1ccc(N2CCCC2)c(C(=O)NCCc2ccccc2)c1. The van der Waals surface area contributed by atoms with Gasteiger partial charge in [-0.2, -0.15) is 0 Å². The first-order valence-corrected chi connectivity index (χ1v) is 11.2. The van der Waals surface area contributed by atoms with E-state index in [4.69, 9.17) is 0 Å². The van der Waals surface area contributed by atoms with Crippen molar-refractivity contribution in [2.45, 2.75) is 19.3 Å². The van der Waals surface area contributed by atoms with Crippen molar-refractivity contribution in [2.24, 2.45) is 0 Å². The summed E-state index contributed by atoms with van der Waals surface area (Å²) in [5.74, 6) is -2.27. The number of hydrogen-bond acceptors (Lipinski definition) is 3. The van der Waals surface area contributed by atoms with Gasteiger partial charge in [0.2, 0.25) is 0 Å². The van der Waals surface area contributed by atoms with E-state index in [0.717, 1.165) is 49.3 Å². The molecule has 3 amide bonds. The van der Waals surface area contributed by atoms with Crippen LogP contribution in [0.1, 0.15) is 28.8 Å². The average molecular weight is 465 g/mol. The Bertz CT molecular complexity index is 1160. The lowest BCUT2D eigenvalue weighted by Crippen LogP contribution is -2.29. The van der Waals surface area contributed by atoms with Crippen LogP contribution < -0.4 is 20.9 Å². The van der Waals surface area contributed by atoms with Gasteiger partial charge in [-0.05, 0) is 55.2 Å². The number of nitrogens with one attached hydrogen (secondary N) is 3. The van der Waals surface area contributed by atoms with E-state index in [1.165, 1.54) is 6.07 Å². The first-order valence-electron chi connectivity index (χ1n) is 11.2. The molecule has 0 aromatic heterocycles. The minimum Gasteiger partial charge on any atom is -0.371 e. The standard InChI is InChI=1S/C26H26F2N4O2/c27-22-10-8-20(17-23(22)28)31-26(34)30-19-9-11-24(32-14-4-5-15-32)21(16-19)25(33)29-13-12-18-6-2-1-3-7-18/h1-3,6-11,16-17H,4-5,12-15H2,(H,29,33)(H2,30,31,34). The number of halogens is 2. The van der Waals surface area contributed by atoms with E-state index >= 15 is 0 Å². The molecule has 34 heavy (non-hydrogen) atoms. The summed E-state index contributed by atoms with van der Waals surface area (Å²) in [7, 11) is 0. The summed E-state index contributed by atoms with van der Waals surface area (Å²) in [5, 5.41) is 8.09. The maximum absolute atomic E-state index is 13.4. The zero-order chi connectivity index (χ0) is 23.9. The number of benzene rings is 3. The molecule has 0 unspecified atom stereocenters. The van der Waals surface area contributed by atoms with Crippen LogP contribution in [-0.4, -0.2) is 31.6 Å². The number of anilines is 3. The molecule has 4 rings (SSSR count). The normalized spacial score (nSPS) is 12.9. The Hall–Kier alpha value is -3.94. The van der Waals surface area contributed by atoms with Crippen LogP contribution in [0.5, 0.6) is 0 Å². The van der Waals surface area contributed by atoms with Crippen LogP contribution in [0.25, 0.3) is 0 Å². The molecule has 8 heteroatoms. The molecule has 1 fully saturated rings. The molecule has 0 saturated carbocycles. The third-order valence-corrected chi connectivity index (χ3v) is 5.67.